The molecule has 7 nitrogen and oxygen atoms in total. The Hall–Kier alpha value is -6.04. The van der Waals surface area contributed by atoms with Crippen LogP contribution < -0.4 is 4.90 Å². The van der Waals surface area contributed by atoms with Crippen LogP contribution in [0.15, 0.2) is 146 Å². The summed E-state index contributed by atoms with van der Waals surface area (Å²) in [6.45, 7) is 3.90. The predicted molar refractivity (Wildman–Crippen MR) is 199 cm³/mol. The summed E-state index contributed by atoms with van der Waals surface area (Å²) in [4.78, 5) is 26.4. The molecule has 3 heterocycles. The Morgan fingerprint density at radius 3 is 2.04 bits per heavy atom. The number of aryl methyl sites for hydroxylation is 2. The van der Waals surface area contributed by atoms with Gasteiger partial charge in [-0.05, 0) is 72.9 Å². The van der Waals surface area contributed by atoms with E-state index in [0.29, 0.717) is 28.6 Å². The van der Waals surface area contributed by atoms with Gasteiger partial charge in [0.2, 0.25) is 0 Å². The molecule has 0 radical (unpaired) electrons. The van der Waals surface area contributed by atoms with Crippen molar-refractivity contribution in [3.63, 3.8) is 0 Å². The Morgan fingerprint density at radius 1 is 0.569 bits per heavy atom. The first kappa shape index (κ1) is 33.5. The van der Waals surface area contributed by atoms with Crippen LogP contribution in [0, 0.1) is 19.9 Å². The molecule has 250 valence electrons. The molecule has 0 bridgehead atoms. The number of hydrogen-bond donors (Lipinski definition) is 1. The summed E-state index contributed by atoms with van der Waals surface area (Å²) in [5, 5.41) is 13.1. The van der Waals surface area contributed by atoms with Crippen molar-refractivity contribution in [3.05, 3.63) is 163 Å². The first-order chi connectivity index (χ1) is 24.5. The molecule has 0 fully saturated rings. The minimum absolute atomic E-state index is 0. The fourth-order valence-corrected chi connectivity index (χ4v) is 6.23. The molecule has 0 amide bonds. The van der Waals surface area contributed by atoms with Gasteiger partial charge in [0.25, 0.3) is 0 Å². The van der Waals surface area contributed by atoms with Crippen LogP contribution in [0.5, 0.6) is 5.75 Å². The standard InChI is InChI=1S/C43H31N6O.Pt/c1-28-23-33(24-29(2)45-28)41-46-42(48-43(47-41)37-18-8-9-20-39(37)50)34-25-32(30-13-4-3-5-14-30)26-35(27-34)49(40-21-10-11-22-44-40)38-19-12-16-31-15-6-7-17-36(31)38;/h3-26,50H,1-2H3;/q-1;. The van der Waals surface area contributed by atoms with Gasteiger partial charge < -0.3 is 10.0 Å². The van der Waals surface area contributed by atoms with Gasteiger partial charge in [-0.1, -0.05) is 90.5 Å². The molecule has 1 N–H and O–H groups in total. The van der Waals surface area contributed by atoms with E-state index in [4.69, 9.17) is 19.9 Å². The van der Waals surface area contributed by atoms with Crippen molar-refractivity contribution in [3.8, 4) is 51.0 Å². The van der Waals surface area contributed by atoms with Gasteiger partial charge in [-0.25, -0.2) is 9.97 Å². The topological polar surface area (TPSA) is 87.9 Å². The van der Waals surface area contributed by atoms with Gasteiger partial charge in [0, 0.05) is 49.6 Å². The Morgan fingerprint density at radius 2 is 1.25 bits per heavy atom. The normalized spacial score (nSPS) is 10.9. The van der Waals surface area contributed by atoms with E-state index in [2.05, 4.69) is 70.5 Å². The number of rotatable bonds is 7. The number of fused-ring (bicyclic) bond motifs is 1. The summed E-state index contributed by atoms with van der Waals surface area (Å²) < 4.78 is 0. The van der Waals surface area contributed by atoms with Crippen LogP contribution in [0.2, 0.25) is 0 Å². The Balaban J connectivity index is 0.00000406. The fraction of sp³-hybridized carbons (Fsp3) is 0.0465. The van der Waals surface area contributed by atoms with Crippen molar-refractivity contribution in [2.24, 2.45) is 0 Å². The zero-order chi connectivity index (χ0) is 34.0. The summed E-state index contributed by atoms with van der Waals surface area (Å²) in [5.74, 6) is 2.06. The molecule has 0 aliphatic heterocycles. The van der Waals surface area contributed by atoms with Crippen molar-refractivity contribution in [1.82, 2.24) is 24.9 Å². The number of benzene rings is 5. The maximum Gasteiger partial charge on any atom is 0.158 e. The summed E-state index contributed by atoms with van der Waals surface area (Å²) >= 11 is 0. The largest absolute Gasteiger partial charge is 0.507 e. The number of phenolic OH excluding ortho intramolecular Hbond substituents is 1. The predicted octanol–water partition coefficient (Wildman–Crippen LogP) is 10.1. The van der Waals surface area contributed by atoms with Crippen molar-refractivity contribution < 1.29 is 26.2 Å². The fourth-order valence-electron chi connectivity index (χ4n) is 6.23. The van der Waals surface area contributed by atoms with Crippen LogP contribution in [-0.2, 0) is 21.1 Å². The van der Waals surface area contributed by atoms with Crippen LogP contribution in [0.25, 0.3) is 56.1 Å². The first-order valence-corrected chi connectivity index (χ1v) is 16.3. The number of aromatic hydroxyl groups is 1. The van der Waals surface area contributed by atoms with E-state index in [1.54, 1.807) is 24.4 Å². The van der Waals surface area contributed by atoms with Crippen molar-refractivity contribution in [2.45, 2.75) is 13.8 Å². The molecule has 8 heteroatoms. The second-order valence-electron chi connectivity index (χ2n) is 12.0. The minimum Gasteiger partial charge on any atom is -0.507 e. The quantitative estimate of drug-likeness (QED) is 0.160. The molecular formula is C43H31N6OPt-. The second-order valence-corrected chi connectivity index (χ2v) is 12.0. The molecule has 3 aromatic heterocycles. The van der Waals surface area contributed by atoms with Gasteiger partial charge in [-0.2, -0.15) is 0 Å². The number of para-hydroxylation sites is 1. The average Bonchev–Trinajstić information content (AvgIpc) is 3.15. The third kappa shape index (κ3) is 6.89. The molecule has 0 aliphatic carbocycles. The molecule has 0 saturated carbocycles. The van der Waals surface area contributed by atoms with E-state index in [9.17, 15) is 5.11 Å². The Bertz CT molecular complexity index is 2470. The van der Waals surface area contributed by atoms with Crippen LogP contribution in [0.1, 0.15) is 11.4 Å². The van der Waals surface area contributed by atoms with Crippen molar-refractivity contribution in [2.75, 3.05) is 4.90 Å². The zero-order valence-electron chi connectivity index (χ0n) is 27.8. The number of anilines is 3. The SMILES string of the molecule is Cc1cc(-c2nc(-c3[c-]c(N(c4ccccn4)c4cccc5ccccc45)cc(-c4ccccc4)c3)nc(-c3ccccc3O)n2)cc(C)n1.[Pt]. The molecule has 0 aliphatic rings. The molecular weight excluding hydrogens is 812 g/mol. The Labute approximate surface area is 310 Å². The number of aromatic nitrogens is 5. The summed E-state index contributed by atoms with van der Waals surface area (Å²) in [5.41, 5.74) is 7.38. The van der Waals surface area contributed by atoms with Crippen LogP contribution in [0.4, 0.5) is 17.2 Å². The number of phenols is 1. The van der Waals surface area contributed by atoms with Gasteiger partial charge in [0.15, 0.2) is 11.6 Å². The van der Waals surface area contributed by atoms with E-state index >= 15 is 0 Å². The van der Waals surface area contributed by atoms with Gasteiger partial charge in [0.1, 0.15) is 11.6 Å². The van der Waals surface area contributed by atoms with Gasteiger partial charge in [0.05, 0.1) is 17.1 Å². The van der Waals surface area contributed by atoms with Crippen LogP contribution in [0.3, 0.4) is 0 Å². The van der Waals surface area contributed by atoms with Crippen molar-refractivity contribution in [1.29, 1.82) is 0 Å². The monoisotopic (exact) mass is 842 g/mol. The van der Waals surface area contributed by atoms with E-state index in [1.165, 1.54) is 0 Å². The molecule has 8 aromatic rings. The minimum atomic E-state index is 0. The molecule has 0 spiro atoms. The molecule has 8 rings (SSSR count). The van der Waals surface area contributed by atoms with Crippen LogP contribution in [-0.4, -0.2) is 30.0 Å². The number of hydrogen-bond acceptors (Lipinski definition) is 7. The van der Waals surface area contributed by atoms with Gasteiger partial charge in [-0.15, -0.1) is 23.8 Å². The summed E-state index contributed by atoms with van der Waals surface area (Å²) in [7, 11) is 0. The van der Waals surface area contributed by atoms with E-state index in [-0.39, 0.29) is 26.8 Å². The molecule has 0 atom stereocenters. The maximum absolute atomic E-state index is 10.9. The van der Waals surface area contributed by atoms with Gasteiger partial charge >= 0.3 is 0 Å². The molecule has 0 unspecified atom stereocenters. The first-order valence-electron chi connectivity index (χ1n) is 16.3. The second kappa shape index (κ2) is 14.4. The maximum atomic E-state index is 10.9. The summed E-state index contributed by atoms with van der Waals surface area (Å²) in [6, 6.07) is 49.6. The van der Waals surface area contributed by atoms with E-state index in [0.717, 1.165) is 56.0 Å². The average molecular weight is 843 g/mol. The zero-order valence-corrected chi connectivity index (χ0v) is 30.1. The third-order valence-corrected chi connectivity index (χ3v) is 8.45. The van der Waals surface area contributed by atoms with Gasteiger partial charge in [-0.3, -0.25) is 15.0 Å². The van der Waals surface area contributed by atoms with E-state index in [1.807, 2.05) is 80.6 Å². The van der Waals surface area contributed by atoms with Crippen LogP contribution >= 0.6 is 0 Å². The smallest absolute Gasteiger partial charge is 0.158 e. The van der Waals surface area contributed by atoms with Crippen molar-refractivity contribution >= 4 is 28.0 Å². The molecule has 51 heavy (non-hydrogen) atoms. The summed E-state index contributed by atoms with van der Waals surface area (Å²) in [6.07, 6.45) is 1.80. The molecule has 0 saturated heterocycles. The van der Waals surface area contributed by atoms with E-state index < -0.39 is 0 Å². The third-order valence-electron chi connectivity index (χ3n) is 8.45. The Kier molecular flexibility index (Phi) is 9.47. The number of nitrogens with zero attached hydrogens (tertiary/aromatic N) is 6. The number of pyridine rings is 2. The molecule has 5 aromatic carbocycles.